The molecule has 0 heterocycles. The zero-order valence-electron chi connectivity index (χ0n) is 10.3. The van der Waals surface area contributed by atoms with Crippen LogP contribution < -0.4 is 5.73 Å². The number of benzene rings is 2. The molecule has 4 heteroatoms. The van der Waals surface area contributed by atoms with E-state index in [-0.39, 0.29) is 5.92 Å². The standard InChI is InChI=1S/C15H15Cl2NO/c16-12-7-4-8-13(17)14(12)15(19)11(9-18)10-5-2-1-3-6-10/h1-8,11,15,19H,9,18H2. The molecule has 0 amide bonds. The molecule has 0 bridgehead atoms. The molecule has 0 aliphatic rings. The van der Waals surface area contributed by atoms with Crippen LogP contribution in [0.25, 0.3) is 0 Å². The third kappa shape index (κ3) is 3.10. The van der Waals surface area contributed by atoms with E-state index in [4.69, 9.17) is 28.9 Å². The number of halogens is 2. The molecule has 0 aromatic heterocycles. The summed E-state index contributed by atoms with van der Waals surface area (Å²) < 4.78 is 0. The Bertz CT molecular complexity index is 525. The van der Waals surface area contributed by atoms with Crippen LogP contribution in [0.2, 0.25) is 10.0 Å². The van der Waals surface area contributed by atoms with Gasteiger partial charge in [-0.05, 0) is 17.7 Å². The minimum absolute atomic E-state index is 0.237. The van der Waals surface area contributed by atoms with Crippen LogP contribution in [-0.2, 0) is 0 Å². The Morgan fingerprint density at radius 3 is 2.05 bits per heavy atom. The molecule has 0 saturated carbocycles. The highest BCUT2D eigenvalue weighted by molar-refractivity contribution is 6.36. The fraction of sp³-hybridized carbons (Fsp3) is 0.200. The normalized spacial score (nSPS) is 14.1. The molecule has 0 fully saturated rings. The molecule has 0 aliphatic carbocycles. The summed E-state index contributed by atoms with van der Waals surface area (Å²) in [5.74, 6) is -0.237. The second kappa shape index (κ2) is 6.40. The molecule has 2 rings (SSSR count). The Kier molecular flexibility index (Phi) is 4.83. The van der Waals surface area contributed by atoms with Gasteiger partial charge in [-0.2, -0.15) is 0 Å². The van der Waals surface area contributed by atoms with Crippen LogP contribution in [0.3, 0.4) is 0 Å². The van der Waals surface area contributed by atoms with Crippen LogP contribution in [0.1, 0.15) is 23.1 Å². The maximum Gasteiger partial charge on any atom is 0.0899 e. The fourth-order valence-electron chi connectivity index (χ4n) is 2.14. The maximum atomic E-state index is 10.5. The molecule has 0 saturated heterocycles. The molecule has 2 aromatic carbocycles. The van der Waals surface area contributed by atoms with Gasteiger partial charge in [0, 0.05) is 28.1 Å². The first-order valence-corrected chi connectivity index (χ1v) is 6.77. The van der Waals surface area contributed by atoms with Crippen LogP contribution in [-0.4, -0.2) is 11.7 Å². The fourth-order valence-corrected chi connectivity index (χ4v) is 2.76. The average molecular weight is 296 g/mol. The molecule has 2 aromatic rings. The molecule has 2 nitrogen and oxygen atoms in total. The van der Waals surface area contributed by atoms with E-state index >= 15 is 0 Å². The largest absolute Gasteiger partial charge is 0.388 e. The SMILES string of the molecule is NCC(c1ccccc1)C(O)c1c(Cl)cccc1Cl. The third-order valence-electron chi connectivity index (χ3n) is 3.16. The first-order chi connectivity index (χ1) is 9.15. The van der Waals surface area contributed by atoms with Crippen molar-refractivity contribution in [3.05, 3.63) is 69.7 Å². The summed E-state index contributed by atoms with van der Waals surface area (Å²) in [5, 5.41) is 11.5. The van der Waals surface area contributed by atoms with Gasteiger partial charge >= 0.3 is 0 Å². The topological polar surface area (TPSA) is 46.2 Å². The van der Waals surface area contributed by atoms with Gasteiger partial charge in [0.1, 0.15) is 0 Å². The van der Waals surface area contributed by atoms with E-state index in [9.17, 15) is 5.11 Å². The van der Waals surface area contributed by atoms with Crippen molar-refractivity contribution in [2.24, 2.45) is 5.73 Å². The minimum Gasteiger partial charge on any atom is -0.388 e. The van der Waals surface area contributed by atoms with Crippen molar-refractivity contribution in [2.75, 3.05) is 6.54 Å². The summed E-state index contributed by atoms with van der Waals surface area (Å²) >= 11 is 12.3. The van der Waals surface area contributed by atoms with E-state index in [0.717, 1.165) is 5.56 Å². The minimum atomic E-state index is -0.825. The predicted molar refractivity (Wildman–Crippen MR) is 79.7 cm³/mol. The average Bonchev–Trinajstić information content (AvgIpc) is 2.40. The quantitative estimate of drug-likeness (QED) is 0.902. The summed E-state index contributed by atoms with van der Waals surface area (Å²) in [4.78, 5) is 0. The Morgan fingerprint density at radius 2 is 1.53 bits per heavy atom. The summed E-state index contributed by atoms with van der Waals surface area (Å²) in [6, 6.07) is 14.8. The number of aliphatic hydroxyl groups is 1. The summed E-state index contributed by atoms with van der Waals surface area (Å²) in [7, 11) is 0. The van der Waals surface area contributed by atoms with Gasteiger partial charge in [0.15, 0.2) is 0 Å². The van der Waals surface area contributed by atoms with Crippen molar-refractivity contribution in [3.63, 3.8) is 0 Å². The van der Waals surface area contributed by atoms with Crippen molar-refractivity contribution in [3.8, 4) is 0 Å². The van der Waals surface area contributed by atoms with Crippen LogP contribution in [0, 0.1) is 0 Å². The van der Waals surface area contributed by atoms with Crippen LogP contribution in [0.5, 0.6) is 0 Å². The van der Waals surface area contributed by atoms with Crippen molar-refractivity contribution in [1.82, 2.24) is 0 Å². The highest BCUT2D eigenvalue weighted by Gasteiger charge is 2.25. The smallest absolute Gasteiger partial charge is 0.0899 e. The molecular formula is C15H15Cl2NO. The number of aliphatic hydroxyl groups excluding tert-OH is 1. The Hall–Kier alpha value is -1.06. The van der Waals surface area contributed by atoms with Crippen LogP contribution >= 0.6 is 23.2 Å². The Balaban J connectivity index is 2.39. The second-order valence-electron chi connectivity index (χ2n) is 4.33. The Labute approximate surface area is 122 Å². The van der Waals surface area contributed by atoms with Crippen molar-refractivity contribution in [2.45, 2.75) is 12.0 Å². The number of hydrogen-bond acceptors (Lipinski definition) is 2. The van der Waals surface area contributed by atoms with E-state index in [1.165, 1.54) is 0 Å². The van der Waals surface area contributed by atoms with Gasteiger partial charge in [-0.25, -0.2) is 0 Å². The lowest BCUT2D eigenvalue weighted by molar-refractivity contribution is 0.147. The first-order valence-electron chi connectivity index (χ1n) is 6.02. The molecule has 19 heavy (non-hydrogen) atoms. The van der Waals surface area contributed by atoms with E-state index in [1.807, 2.05) is 30.3 Å². The lowest BCUT2D eigenvalue weighted by Gasteiger charge is -2.24. The molecule has 2 unspecified atom stereocenters. The van der Waals surface area contributed by atoms with Gasteiger partial charge in [-0.1, -0.05) is 59.6 Å². The lowest BCUT2D eigenvalue weighted by Crippen LogP contribution is -2.20. The van der Waals surface area contributed by atoms with Crippen molar-refractivity contribution < 1.29 is 5.11 Å². The monoisotopic (exact) mass is 295 g/mol. The molecule has 100 valence electrons. The zero-order chi connectivity index (χ0) is 13.8. The first kappa shape index (κ1) is 14.4. The second-order valence-corrected chi connectivity index (χ2v) is 5.15. The van der Waals surface area contributed by atoms with Gasteiger partial charge in [-0.15, -0.1) is 0 Å². The molecule has 0 spiro atoms. The van der Waals surface area contributed by atoms with E-state index in [0.29, 0.717) is 22.2 Å². The predicted octanol–water partition coefficient (Wildman–Crippen LogP) is 3.77. The molecule has 0 aliphatic heterocycles. The van der Waals surface area contributed by atoms with E-state index in [1.54, 1.807) is 18.2 Å². The van der Waals surface area contributed by atoms with Crippen molar-refractivity contribution in [1.29, 1.82) is 0 Å². The molecular weight excluding hydrogens is 281 g/mol. The summed E-state index contributed by atoms with van der Waals surface area (Å²) in [5.41, 5.74) is 7.30. The van der Waals surface area contributed by atoms with Gasteiger partial charge in [0.25, 0.3) is 0 Å². The molecule has 2 atom stereocenters. The van der Waals surface area contributed by atoms with Gasteiger partial charge < -0.3 is 10.8 Å². The Morgan fingerprint density at radius 1 is 0.947 bits per heavy atom. The van der Waals surface area contributed by atoms with Gasteiger partial charge in [0.2, 0.25) is 0 Å². The van der Waals surface area contributed by atoms with Crippen molar-refractivity contribution >= 4 is 23.2 Å². The molecule has 0 radical (unpaired) electrons. The summed E-state index contributed by atoms with van der Waals surface area (Å²) in [6.45, 7) is 0.312. The van der Waals surface area contributed by atoms with Gasteiger partial charge in [0.05, 0.1) is 6.10 Å². The number of nitrogens with two attached hydrogens (primary N) is 1. The maximum absolute atomic E-state index is 10.5. The number of hydrogen-bond donors (Lipinski definition) is 2. The van der Waals surface area contributed by atoms with Gasteiger partial charge in [-0.3, -0.25) is 0 Å². The highest BCUT2D eigenvalue weighted by Crippen LogP contribution is 2.37. The van der Waals surface area contributed by atoms with Crippen LogP contribution in [0.15, 0.2) is 48.5 Å². The third-order valence-corrected chi connectivity index (χ3v) is 3.82. The van der Waals surface area contributed by atoms with E-state index in [2.05, 4.69) is 0 Å². The van der Waals surface area contributed by atoms with E-state index < -0.39 is 6.10 Å². The number of rotatable bonds is 4. The lowest BCUT2D eigenvalue weighted by atomic mass is 9.89. The van der Waals surface area contributed by atoms with Crippen LogP contribution in [0.4, 0.5) is 0 Å². The zero-order valence-corrected chi connectivity index (χ0v) is 11.8. The highest BCUT2D eigenvalue weighted by atomic mass is 35.5. The summed E-state index contributed by atoms with van der Waals surface area (Å²) in [6.07, 6.45) is -0.825. The molecule has 3 N–H and O–H groups in total.